The Morgan fingerprint density at radius 1 is 0.682 bits per heavy atom. The topological polar surface area (TPSA) is 0 Å². The third kappa shape index (κ3) is 13.4. The van der Waals surface area contributed by atoms with Crippen LogP contribution in [0.25, 0.3) is 0 Å². The number of hydrogen-bond acceptors (Lipinski definition) is 0. The highest BCUT2D eigenvalue weighted by Gasteiger charge is 2.26. The Labute approximate surface area is 142 Å². The third-order valence-corrected chi connectivity index (χ3v) is 9.07. The molecular formula is C21H42Si. The van der Waals surface area contributed by atoms with Gasteiger partial charge in [0.05, 0.1) is 8.07 Å². The summed E-state index contributed by atoms with van der Waals surface area (Å²) in [6.07, 6.45) is 14.4. The van der Waals surface area contributed by atoms with Crippen LogP contribution in [-0.2, 0) is 0 Å². The zero-order valence-electron chi connectivity index (χ0n) is 16.1. The molecule has 0 amide bonds. The molecule has 0 atom stereocenters. The lowest BCUT2D eigenvalue weighted by molar-refractivity contribution is 0.561. The van der Waals surface area contributed by atoms with Crippen LogP contribution in [0.15, 0.2) is 24.3 Å². The zero-order valence-corrected chi connectivity index (χ0v) is 17.1. The molecule has 0 rings (SSSR count). The molecule has 0 spiro atoms. The van der Waals surface area contributed by atoms with Gasteiger partial charge in [-0.25, -0.2) is 0 Å². The maximum absolute atomic E-state index is 4.15. The van der Waals surface area contributed by atoms with Gasteiger partial charge in [-0.2, -0.15) is 0 Å². The van der Waals surface area contributed by atoms with Crippen molar-refractivity contribution < 1.29 is 0 Å². The summed E-state index contributed by atoms with van der Waals surface area (Å²) in [6, 6.07) is 4.04. The second-order valence-corrected chi connectivity index (χ2v) is 12.8. The lowest BCUT2D eigenvalue weighted by atomic mass is 10.1. The minimum Gasteiger partial charge on any atom is -0.100 e. The van der Waals surface area contributed by atoms with Gasteiger partial charge in [0.25, 0.3) is 0 Å². The minimum atomic E-state index is -1.17. The van der Waals surface area contributed by atoms with Crippen LogP contribution in [0.1, 0.15) is 85.0 Å². The predicted molar refractivity (Wildman–Crippen MR) is 108 cm³/mol. The molecule has 0 aliphatic carbocycles. The monoisotopic (exact) mass is 322 g/mol. The molecule has 0 aromatic carbocycles. The van der Waals surface area contributed by atoms with Gasteiger partial charge in [0.15, 0.2) is 0 Å². The molecule has 0 unspecified atom stereocenters. The van der Waals surface area contributed by atoms with Gasteiger partial charge < -0.3 is 0 Å². The molecule has 0 aromatic heterocycles. The van der Waals surface area contributed by atoms with E-state index in [0.29, 0.717) is 0 Å². The summed E-state index contributed by atoms with van der Waals surface area (Å²) in [5.41, 5.74) is 2.75. The number of rotatable bonds is 15. The highest BCUT2D eigenvalue weighted by atomic mass is 28.3. The molecule has 0 radical (unpaired) electrons. The third-order valence-electron chi connectivity index (χ3n) is 4.59. The van der Waals surface area contributed by atoms with Gasteiger partial charge in [0.1, 0.15) is 0 Å². The van der Waals surface area contributed by atoms with E-state index in [1.165, 1.54) is 93.5 Å². The van der Waals surface area contributed by atoms with E-state index in [-0.39, 0.29) is 0 Å². The average Bonchev–Trinajstić information content (AvgIpc) is 2.39. The van der Waals surface area contributed by atoms with Gasteiger partial charge in [-0.15, -0.1) is 13.2 Å². The first-order valence-corrected chi connectivity index (χ1v) is 12.8. The Morgan fingerprint density at radius 2 is 1.05 bits per heavy atom. The van der Waals surface area contributed by atoms with Gasteiger partial charge >= 0.3 is 0 Å². The van der Waals surface area contributed by atoms with Crippen LogP contribution in [-0.4, -0.2) is 8.07 Å². The molecule has 0 bridgehead atoms. The van der Waals surface area contributed by atoms with Crippen molar-refractivity contribution in [2.45, 2.75) is 110 Å². The van der Waals surface area contributed by atoms with E-state index in [0.717, 1.165) is 0 Å². The van der Waals surface area contributed by atoms with Crippen molar-refractivity contribution in [1.29, 1.82) is 0 Å². The first-order valence-electron chi connectivity index (χ1n) is 9.68. The highest BCUT2D eigenvalue weighted by molar-refractivity contribution is 6.79. The Hall–Kier alpha value is -0.303. The SMILES string of the molecule is C=C(C)C[Si](C)(CCCCCCCCCCCC)CC(=C)C. The maximum Gasteiger partial charge on any atom is 0.0584 e. The number of allylic oxidation sites excluding steroid dienone is 2. The van der Waals surface area contributed by atoms with Crippen molar-refractivity contribution in [2.75, 3.05) is 0 Å². The van der Waals surface area contributed by atoms with Crippen molar-refractivity contribution in [3.05, 3.63) is 24.3 Å². The van der Waals surface area contributed by atoms with Crippen LogP contribution in [0.5, 0.6) is 0 Å². The van der Waals surface area contributed by atoms with Crippen LogP contribution in [0.2, 0.25) is 24.7 Å². The molecule has 0 aliphatic rings. The molecule has 0 aromatic rings. The average molecular weight is 323 g/mol. The fourth-order valence-corrected chi connectivity index (χ4v) is 8.23. The molecular weight excluding hydrogens is 280 g/mol. The predicted octanol–water partition coefficient (Wildman–Crippen LogP) is 8.14. The summed E-state index contributed by atoms with van der Waals surface area (Å²) < 4.78 is 0. The lowest BCUT2D eigenvalue weighted by Crippen LogP contribution is -2.30. The Morgan fingerprint density at radius 3 is 1.41 bits per heavy atom. The van der Waals surface area contributed by atoms with Crippen molar-refractivity contribution in [3.8, 4) is 0 Å². The largest absolute Gasteiger partial charge is 0.100 e. The van der Waals surface area contributed by atoms with Crippen molar-refractivity contribution in [3.63, 3.8) is 0 Å². The van der Waals surface area contributed by atoms with Crippen molar-refractivity contribution >= 4 is 8.07 Å². The number of hydrogen-bond donors (Lipinski definition) is 0. The highest BCUT2D eigenvalue weighted by Crippen LogP contribution is 2.29. The van der Waals surface area contributed by atoms with Crippen LogP contribution < -0.4 is 0 Å². The van der Waals surface area contributed by atoms with Crippen LogP contribution in [0, 0.1) is 0 Å². The second-order valence-electron chi connectivity index (χ2n) is 8.01. The van der Waals surface area contributed by atoms with Crippen LogP contribution >= 0.6 is 0 Å². The summed E-state index contributed by atoms with van der Waals surface area (Å²) in [7, 11) is -1.17. The summed E-state index contributed by atoms with van der Waals surface area (Å²) in [6.45, 7) is 17.5. The molecule has 0 fully saturated rings. The van der Waals surface area contributed by atoms with E-state index >= 15 is 0 Å². The molecule has 0 saturated heterocycles. The first-order chi connectivity index (χ1) is 10.4. The van der Waals surface area contributed by atoms with E-state index in [9.17, 15) is 0 Å². The Bertz CT molecular complexity index is 287. The molecule has 130 valence electrons. The van der Waals surface area contributed by atoms with Gasteiger partial charge in [-0.1, -0.05) is 94.9 Å². The molecule has 0 aliphatic heterocycles. The van der Waals surface area contributed by atoms with Crippen molar-refractivity contribution in [2.24, 2.45) is 0 Å². The van der Waals surface area contributed by atoms with Gasteiger partial charge in [-0.05, 0) is 25.9 Å². The molecule has 0 saturated carbocycles. The standard InChI is InChI=1S/C21H42Si/c1-7-8-9-10-11-12-13-14-15-16-17-22(6,18-20(2)3)19-21(4)5/h2,4,7-19H2,1,3,5-6H3. The molecule has 0 heterocycles. The van der Waals surface area contributed by atoms with Gasteiger partial charge in [0.2, 0.25) is 0 Å². The normalized spacial score (nSPS) is 11.6. The lowest BCUT2D eigenvalue weighted by Gasteiger charge is -2.28. The summed E-state index contributed by atoms with van der Waals surface area (Å²) in [5.74, 6) is 0. The second kappa shape index (κ2) is 13.2. The van der Waals surface area contributed by atoms with Crippen molar-refractivity contribution in [1.82, 2.24) is 0 Å². The first kappa shape index (κ1) is 21.7. The van der Waals surface area contributed by atoms with Gasteiger partial charge in [-0.3, -0.25) is 0 Å². The molecule has 0 N–H and O–H groups in total. The fourth-order valence-electron chi connectivity index (χ4n) is 3.74. The van der Waals surface area contributed by atoms with E-state index < -0.39 is 8.07 Å². The van der Waals surface area contributed by atoms with E-state index in [1.807, 2.05) is 0 Å². The Kier molecular flexibility index (Phi) is 13.0. The quantitative estimate of drug-likeness (QED) is 0.162. The van der Waals surface area contributed by atoms with Crippen LogP contribution in [0.3, 0.4) is 0 Å². The summed E-state index contributed by atoms with van der Waals surface area (Å²) in [5, 5.41) is 0. The smallest absolute Gasteiger partial charge is 0.0584 e. The zero-order chi connectivity index (χ0) is 16.8. The molecule has 22 heavy (non-hydrogen) atoms. The van der Waals surface area contributed by atoms with Crippen LogP contribution in [0.4, 0.5) is 0 Å². The Balaban J connectivity index is 3.72. The summed E-state index contributed by atoms with van der Waals surface area (Å²) in [4.78, 5) is 0. The molecule has 0 nitrogen and oxygen atoms in total. The fraction of sp³-hybridized carbons (Fsp3) is 0.810. The van der Waals surface area contributed by atoms with E-state index in [1.54, 1.807) is 0 Å². The summed E-state index contributed by atoms with van der Waals surface area (Å²) >= 11 is 0. The molecule has 1 heteroatoms. The van der Waals surface area contributed by atoms with E-state index in [2.05, 4.69) is 40.5 Å². The van der Waals surface area contributed by atoms with Gasteiger partial charge in [0, 0.05) is 0 Å². The van der Waals surface area contributed by atoms with E-state index in [4.69, 9.17) is 0 Å². The number of unbranched alkanes of at least 4 members (excludes halogenated alkanes) is 9. The minimum absolute atomic E-state index is 1.17. The maximum atomic E-state index is 4.15.